The average molecular weight is 288 g/mol. The lowest BCUT2D eigenvalue weighted by Crippen LogP contribution is -2.13. The van der Waals surface area contributed by atoms with Crippen LogP contribution < -0.4 is 10.5 Å². The Kier molecular flexibility index (Phi) is 3.22. The quantitative estimate of drug-likeness (QED) is 0.843. The lowest BCUT2D eigenvalue weighted by Gasteiger charge is -2.01. The summed E-state index contributed by atoms with van der Waals surface area (Å²) in [6.07, 6.45) is 1.38. The minimum absolute atomic E-state index is 0.0365. The van der Waals surface area contributed by atoms with Gasteiger partial charge in [-0.15, -0.1) is 0 Å². The maximum Gasteiger partial charge on any atom is 0.268 e. The van der Waals surface area contributed by atoms with Gasteiger partial charge in [-0.2, -0.15) is 9.47 Å². The van der Waals surface area contributed by atoms with E-state index in [1.807, 2.05) is 6.92 Å². The van der Waals surface area contributed by atoms with Crippen molar-refractivity contribution in [3.8, 4) is 0 Å². The van der Waals surface area contributed by atoms with Crippen LogP contribution >= 0.6 is 11.5 Å². The average Bonchev–Trinajstić information content (AvgIpc) is 2.84. The van der Waals surface area contributed by atoms with Gasteiger partial charge in [0.15, 0.2) is 5.82 Å². The molecule has 10 heteroatoms. The Hall–Kier alpha value is -1.68. The molecule has 0 amide bonds. The van der Waals surface area contributed by atoms with E-state index in [-0.39, 0.29) is 15.8 Å². The minimum Gasteiger partial charge on any atom is -0.381 e. The molecule has 0 unspecified atom stereocenters. The molecule has 0 bridgehead atoms. The number of sulfonamides is 1. The zero-order valence-electron chi connectivity index (χ0n) is 9.78. The Balaban J connectivity index is 2.33. The van der Waals surface area contributed by atoms with E-state index in [9.17, 15) is 8.42 Å². The van der Waals surface area contributed by atoms with Crippen LogP contribution in [0.3, 0.4) is 0 Å². The molecule has 0 aliphatic carbocycles. The topological polar surface area (TPSA) is 116 Å². The van der Waals surface area contributed by atoms with E-state index >= 15 is 0 Å². The van der Waals surface area contributed by atoms with Crippen LogP contribution in [0.5, 0.6) is 0 Å². The van der Waals surface area contributed by atoms with E-state index in [1.165, 1.54) is 10.9 Å². The van der Waals surface area contributed by atoms with Gasteiger partial charge in [-0.05, 0) is 13.8 Å². The number of nitrogens with one attached hydrogen (secondary N) is 1. The first-order chi connectivity index (χ1) is 8.42. The summed E-state index contributed by atoms with van der Waals surface area (Å²) in [5.74, 6) is 0.473. The standard InChI is InChI=1S/C8H12N6O2S2/c1-3-14-4-6(7(9)11-14)18(15,16)13-8-10-5(2)12-17-8/h4H,3H2,1-2H3,(H2,9,11)(H,10,12,13). The molecule has 0 saturated carbocycles. The summed E-state index contributed by atoms with van der Waals surface area (Å²) in [7, 11) is -3.77. The summed E-state index contributed by atoms with van der Waals surface area (Å²) in [5.41, 5.74) is 5.58. The number of nitrogen functional groups attached to an aromatic ring is 1. The molecule has 2 aromatic heterocycles. The van der Waals surface area contributed by atoms with Gasteiger partial charge in [0, 0.05) is 24.3 Å². The molecule has 0 aromatic carbocycles. The molecule has 98 valence electrons. The van der Waals surface area contributed by atoms with Gasteiger partial charge in [-0.25, -0.2) is 13.4 Å². The largest absolute Gasteiger partial charge is 0.381 e. The maximum atomic E-state index is 12.1. The fraction of sp³-hybridized carbons (Fsp3) is 0.375. The molecular weight excluding hydrogens is 276 g/mol. The molecule has 0 aliphatic rings. The van der Waals surface area contributed by atoms with Gasteiger partial charge in [0.2, 0.25) is 5.13 Å². The third-order valence-electron chi connectivity index (χ3n) is 2.12. The number of hydrogen-bond acceptors (Lipinski definition) is 7. The Morgan fingerprint density at radius 2 is 2.28 bits per heavy atom. The van der Waals surface area contributed by atoms with Crippen LogP contribution in [0, 0.1) is 6.92 Å². The second-order valence-electron chi connectivity index (χ2n) is 3.49. The molecule has 18 heavy (non-hydrogen) atoms. The van der Waals surface area contributed by atoms with Gasteiger partial charge in [0.25, 0.3) is 10.0 Å². The molecule has 0 atom stereocenters. The molecule has 2 aromatic rings. The predicted molar refractivity (Wildman–Crippen MR) is 67.8 cm³/mol. The molecule has 3 N–H and O–H groups in total. The molecule has 0 saturated heterocycles. The SMILES string of the molecule is CCn1cc(S(=O)(=O)Nc2nc(C)ns2)c(N)n1. The van der Waals surface area contributed by atoms with Crippen molar-refractivity contribution >= 4 is 32.5 Å². The van der Waals surface area contributed by atoms with E-state index < -0.39 is 10.0 Å². The zero-order valence-corrected chi connectivity index (χ0v) is 11.4. The molecular formula is C8H12N6O2S2. The number of nitrogens with two attached hydrogens (primary N) is 1. The molecule has 8 nitrogen and oxygen atoms in total. The Morgan fingerprint density at radius 3 is 2.78 bits per heavy atom. The highest BCUT2D eigenvalue weighted by Gasteiger charge is 2.22. The number of aromatic nitrogens is 4. The normalized spacial score (nSPS) is 11.7. The van der Waals surface area contributed by atoms with Crippen molar-refractivity contribution in [3.63, 3.8) is 0 Å². The number of rotatable bonds is 4. The number of anilines is 2. The third kappa shape index (κ3) is 2.43. The minimum atomic E-state index is -3.77. The second kappa shape index (κ2) is 4.53. The van der Waals surface area contributed by atoms with E-state index in [2.05, 4.69) is 19.2 Å². The molecule has 0 spiro atoms. The first-order valence-corrected chi connectivity index (χ1v) is 7.34. The Labute approximate surface area is 108 Å². The number of aryl methyl sites for hydroxylation is 2. The van der Waals surface area contributed by atoms with Crippen LogP contribution in [0.4, 0.5) is 10.9 Å². The van der Waals surface area contributed by atoms with Crippen LogP contribution in [0.15, 0.2) is 11.1 Å². The second-order valence-corrected chi connectivity index (χ2v) is 5.89. The molecule has 2 heterocycles. The smallest absolute Gasteiger partial charge is 0.268 e. The molecule has 0 fully saturated rings. The summed E-state index contributed by atoms with van der Waals surface area (Å²) in [5, 5.41) is 4.09. The maximum absolute atomic E-state index is 12.1. The number of nitrogens with zero attached hydrogens (tertiary/aromatic N) is 4. The van der Waals surface area contributed by atoms with Crippen molar-refractivity contribution in [2.45, 2.75) is 25.3 Å². The highest BCUT2D eigenvalue weighted by molar-refractivity contribution is 7.93. The van der Waals surface area contributed by atoms with E-state index in [1.54, 1.807) is 6.92 Å². The van der Waals surface area contributed by atoms with Gasteiger partial charge in [0.1, 0.15) is 10.7 Å². The van der Waals surface area contributed by atoms with Crippen molar-refractivity contribution in [3.05, 3.63) is 12.0 Å². The molecule has 0 radical (unpaired) electrons. The van der Waals surface area contributed by atoms with Crippen LogP contribution in [-0.2, 0) is 16.6 Å². The zero-order chi connectivity index (χ0) is 13.3. The first kappa shape index (κ1) is 12.8. The van der Waals surface area contributed by atoms with Crippen LogP contribution in [0.1, 0.15) is 12.7 Å². The van der Waals surface area contributed by atoms with Crippen molar-refractivity contribution < 1.29 is 8.42 Å². The fourth-order valence-corrected chi connectivity index (χ4v) is 3.17. The van der Waals surface area contributed by atoms with E-state index in [0.29, 0.717) is 12.4 Å². The highest BCUT2D eigenvalue weighted by atomic mass is 32.2. The highest BCUT2D eigenvalue weighted by Crippen LogP contribution is 2.21. The fourth-order valence-electron chi connectivity index (χ4n) is 1.30. The van der Waals surface area contributed by atoms with Gasteiger partial charge >= 0.3 is 0 Å². The first-order valence-electron chi connectivity index (χ1n) is 5.08. The molecule has 2 rings (SSSR count). The lowest BCUT2D eigenvalue weighted by molar-refractivity contribution is 0.600. The lowest BCUT2D eigenvalue weighted by atomic mass is 10.6. The summed E-state index contributed by atoms with van der Waals surface area (Å²) in [4.78, 5) is 3.87. The summed E-state index contributed by atoms with van der Waals surface area (Å²) < 4.78 is 31.8. The summed E-state index contributed by atoms with van der Waals surface area (Å²) in [6, 6.07) is 0. The third-order valence-corrected chi connectivity index (χ3v) is 4.32. The number of hydrogen-bond donors (Lipinski definition) is 2. The Morgan fingerprint density at radius 1 is 1.56 bits per heavy atom. The van der Waals surface area contributed by atoms with Crippen molar-refractivity contribution in [2.24, 2.45) is 0 Å². The van der Waals surface area contributed by atoms with Crippen molar-refractivity contribution in [2.75, 3.05) is 10.5 Å². The molecule has 0 aliphatic heterocycles. The summed E-state index contributed by atoms with van der Waals surface area (Å²) in [6.45, 7) is 4.06. The van der Waals surface area contributed by atoms with Gasteiger partial charge in [0.05, 0.1) is 0 Å². The van der Waals surface area contributed by atoms with E-state index in [0.717, 1.165) is 11.5 Å². The monoisotopic (exact) mass is 288 g/mol. The Bertz CT molecular complexity index is 659. The van der Waals surface area contributed by atoms with Crippen molar-refractivity contribution in [1.82, 2.24) is 19.1 Å². The van der Waals surface area contributed by atoms with Crippen LogP contribution in [0.2, 0.25) is 0 Å². The van der Waals surface area contributed by atoms with Crippen molar-refractivity contribution in [1.29, 1.82) is 0 Å². The predicted octanol–water partition coefficient (Wildman–Crippen LogP) is 0.446. The van der Waals surface area contributed by atoms with Crippen LogP contribution in [-0.4, -0.2) is 27.6 Å². The van der Waals surface area contributed by atoms with Gasteiger partial charge < -0.3 is 5.73 Å². The van der Waals surface area contributed by atoms with Gasteiger partial charge in [-0.3, -0.25) is 9.40 Å². The summed E-state index contributed by atoms with van der Waals surface area (Å²) >= 11 is 0.970. The van der Waals surface area contributed by atoms with E-state index in [4.69, 9.17) is 5.73 Å². The van der Waals surface area contributed by atoms with Gasteiger partial charge in [-0.1, -0.05) is 0 Å². The van der Waals surface area contributed by atoms with Crippen LogP contribution in [0.25, 0.3) is 0 Å².